The van der Waals surface area contributed by atoms with Gasteiger partial charge in [-0.1, -0.05) is 25.1 Å². The Bertz CT molecular complexity index is 1010. The number of ether oxygens (including phenoxy) is 2. The van der Waals surface area contributed by atoms with Crippen LogP contribution in [0.5, 0.6) is 11.5 Å². The number of anilines is 1. The molecule has 0 aliphatic carbocycles. The molecule has 0 aromatic heterocycles. The van der Waals surface area contributed by atoms with E-state index in [1.807, 2.05) is 17.0 Å². The molecular formula is C24H27N3O4. The molecule has 2 amide bonds. The van der Waals surface area contributed by atoms with Gasteiger partial charge in [0.1, 0.15) is 17.2 Å². The maximum absolute atomic E-state index is 13.6. The summed E-state index contributed by atoms with van der Waals surface area (Å²) in [6.07, 6.45) is 0. The summed E-state index contributed by atoms with van der Waals surface area (Å²) in [5.41, 5.74) is 2.11. The number of rotatable bonds is 6. The first kappa shape index (κ1) is 20.9. The fourth-order valence-corrected chi connectivity index (χ4v) is 4.10. The molecule has 7 heteroatoms. The third kappa shape index (κ3) is 3.88. The summed E-state index contributed by atoms with van der Waals surface area (Å²) in [6.45, 7) is 6.22. The molecule has 7 nitrogen and oxygen atoms in total. The van der Waals surface area contributed by atoms with Gasteiger partial charge in [-0.2, -0.15) is 0 Å². The van der Waals surface area contributed by atoms with Crippen LogP contribution < -0.4 is 14.4 Å². The Morgan fingerprint density at radius 3 is 2.13 bits per heavy atom. The molecule has 2 aromatic rings. The number of methoxy groups -OCH3 is 2. The molecule has 162 valence electrons. The topological polar surface area (TPSA) is 62.3 Å². The molecule has 0 saturated carbocycles. The third-order valence-electron chi connectivity index (χ3n) is 5.89. The highest BCUT2D eigenvalue weighted by molar-refractivity contribution is 6.45. The summed E-state index contributed by atoms with van der Waals surface area (Å²) in [5.74, 6) is 0.670. The lowest BCUT2D eigenvalue weighted by Crippen LogP contribution is -2.47. The van der Waals surface area contributed by atoms with Gasteiger partial charge in [-0.05, 0) is 36.4 Å². The summed E-state index contributed by atoms with van der Waals surface area (Å²) in [6, 6.07) is 14.3. The Morgan fingerprint density at radius 2 is 1.52 bits per heavy atom. The fraction of sp³-hybridized carbons (Fsp3) is 0.333. The maximum Gasteiger partial charge on any atom is 0.282 e. The van der Waals surface area contributed by atoms with Gasteiger partial charge in [0, 0.05) is 32.2 Å². The van der Waals surface area contributed by atoms with E-state index in [9.17, 15) is 9.59 Å². The lowest BCUT2D eigenvalue weighted by molar-refractivity contribution is -0.120. The number of amides is 2. The van der Waals surface area contributed by atoms with Crippen molar-refractivity contribution in [2.75, 3.05) is 51.8 Å². The predicted octanol–water partition coefficient (Wildman–Crippen LogP) is 2.63. The van der Waals surface area contributed by atoms with Gasteiger partial charge in [0.25, 0.3) is 11.8 Å². The number of carbonyl (C=O) groups excluding carboxylic acids is 2. The summed E-state index contributed by atoms with van der Waals surface area (Å²) in [4.78, 5) is 32.8. The van der Waals surface area contributed by atoms with E-state index in [2.05, 4.69) is 11.8 Å². The zero-order valence-electron chi connectivity index (χ0n) is 18.1. The largest absolute Gasteiger partial charge is 0.497 e. The van der Waals surface area contributed by atoms with Gasteiger partial charge in [0.05, 0.1) is 25.5 Å². The minimum Gasteiger partial charge on any atom is -0.497 e. The number of imide groups is 1. The van der Waals surface area contributed by atoms with Gasteiger partial charge < -0.3 is 19.3 Å². The van der Waals surface area contributed by atoms with Gasteiger partial charge in [-0.3, -0.25) is 9.59 Å². The van der Waals surface area contributed by atoms with Crippen LogP contribution in [-0.2, 0) is 9.59 Å². The van der Waals surface area contributed by atoms with Gasteiger partial charge in [-0.15, -0.1) is 0 Å². The van der Waals surface area contributed by atoms with E-state index >= 15 is 0 Å². The number of benzene rings is 2. The molecule has 2 aliphatic rings. The SMILES string of the molecule is CCN1CCN(C2=C(c3ccc(OC)cc3)C(=O)N(c3cccc(OC)c3)C2=O)CC1. The smallest absolute Gasteiger partial charge is 0.282 e. The van der Waals surface area contributed by atoms with Crippen LogP contribution in [0.2, 0.25) is 0 Å². The van der Waals surface area contributed by atoms with Crippen LogP contribution in [-0.4, -0.2) is 68.6 Å². The Morgan fingerprint density at radius 1 is 0.839 bits per heavy atom. The van der Waals surface area contributed by atoms with E-state index in [0.717, 1.165) is 19.6 Å². The average molecular weight is 421 g/mol. The summed E-state index contributed by atoms with van der Waals surface area (Å²) >= 11 is 0. The molecule has 2 aliphatic heterocycles. The lowest BCUT2D eigenvalue weighted by atomic mass is 10.0. The van der Waals surface area contributed by atoms with Crippen LogP contribution in [0.25, 0.3) is 5.57 Å². The van der Waals surface area contributed by atoms with Gasteiger partial charge in [0.2, 0.25) is 0 Å². The first-order chi connectivity index (χ1) is 15.1. The normalized spacial score (nSPS) is 17.5. The van der Waals surface area contributed by atoms with Crippen molar-refractivity contribution in [1.29, 1.82) is 0 Å². The number of likely N-dealkylation sites (N-methyl/N-ethyl adjacent to an activating group) is 1. The highest BCUT2D eigenvalue weighted by atomic mass is 16.5. The number of hydrogen-bond acceptors (Lipinski definition) is 6. The van der Waals surface area contributed by atoms with E-state index in [1.165, 1.54) is 4.90 Å². The van der Waals surface area contributed by atoms with Crippen molar-refractivity contribution in [3.63, 3.8) is 0 Å². The van der Waals surface area contributed by atoms with Crippen LogP contribution in [0, 0.1) is 0 Å². The van der Waals surface area contributed by atoms with Crippen molar-refractivity contribution in [3.05, 3.63) is 59.8 Å². The van der Waals surface area contributed by atoms with Crippen molar-refractivity contribution in [2.24, 2.45) is 0 Å². The minimum atomic E-state index is -0.323. The van der Waals surface area contributed by atoms with Crippen molar-refractivity contribution in [2.45, 2.75) is 6.92 Å². The molecule has 2 aromatic carbocycles. The van der Waals surface area contributed by atoms with E-state index in [0.29, 0.717) is 47.1 Å². The second kappa shape index (κ2) is 8.81. The van der Waals surface area contributed by atoms with Crippen LogP contribution in [0.15, 0.2) is 54.2 Å². The van der Waals surface area contributed by atoms with E-state index in [4.69, 9.17) is 9.47 Å². The fourth-order valence-electron chi connectivity index (χ4n) is 4.10. The molecule has 31 heavy (non-hydrogen) atoms. The van der Waals surface area contributed by atoms with Crippen LogP contribution in [0.3, 0.4) is 0 Å². The standard InChI is InChI=1S/C24H27N3O4/c1-4-25-12-14-26(15-13-25)22-21(17-8-10-19(30-2)11-9-17)23(28)27(24(22)29)18-6-5-7-20(16-18)31-3/h5-11,16H,4,12-15H2,1-3H3. The van der Waals surface area contributed by atoms with Gasteiger partial charge in [0.15, 0.2) is 0 Å². The molecule has 0 atom stereocenters. The van der Waals surface area contributed by atoms with E-state index in [-0.39, 0.29) is 11.8 Å². The van der Waals surface area contributed by atoms with Gasteiger partial charge >= 0.3 is 0 Å². The number of piperazine rings is 1. The molecule has 0 unspecified atom stereocenters. The molecular weight excluding hydrogens is 394 g/mol. The first-order valence-electron chi connectivity index (χ1n) is 10.5. The molecule has 0 N–H and O–H groups in total. The second-order valence-electron chi connectivity index (χ2n) is 7.52. The monoisotopic (exact) mass is 421 g/mol. The third-order valence-corrected chi connectivity index (χ3v) is 5.89. The highest BCUT2D eigenvalue weighted by Crippen LogP contribution is 2.36. The molecule has 1 saturated heterocycles. The Labute approximate surface area is 182 Å². The van der Waals surface area contributed by atoms with Crippen molar-refractivity contribution >= 4 is 23.1 Å². The van der Waals surface area contributed by atoms with Crippen LogP contribution >= 0.6 is 0 Å². The van der Waals surface area contributed by atoms with E-state index in [1.54, 1.807) is 50.6 Å². The zero-order chi connectivity index (χ0) is 22.0. The highest BCUT2D eigenvalue weighted by Gasteiger charge is 2.43. The molecule has 0 radical (unpaired) electrons. The lowest BCUT2D eigenvalue weighted by Gasteiger charge is -2.36. The molecule has 0 spiro atoms. The molecule has 4 rings (SSSR count). The molecule has 1 fully saturated rings. The van der Waals surface area contributed by atoms with Gasteiger partial charge in [-0.25, -0.2) is 4.90 Å². The predicted molar refractivity (Wildman–Crippen MR) is 119 cm³/mol. The number of carbonyl (C=O) groups is 2. The van der Waals surface area contributed by atoms with Crippen LogP contribution in [0.4, 0.5) is 5.69 Å². The minimum absolute atomic E-state index is 0.297. The average Bonchev–Trinajstić information content (AvgIpc) is 3.09. The quantitative estimate of drug-likeness (QED) is 0.669. The van der Waals surface area contributed by atoms with Crippen molar-refractivity contribution in [1.82, 2.24) is 9.80 Å². The summed E-state index contributed by atoms with van der Waals surface area (Å²) in [7, 11) is 3.16. The second-order valence-corrected chi connectivity index (χ2v) is 7.52. The van der Waals surface area contributed by atoms with Crippen LogP contribution in [0.1, 0.15) is 12.5 Å². The molecule has 2 heterocycles. The molecule has 0 bridgehead atoms. The first-order valence-corrected chi connectivity index (χ1v) is 10.5. The summed E-state index contributed by atoms with van der Waals surface area (Å²) < 4.78 is 10.6. The van der Waals surface area contributed by atoms with Crippen molar-refractivity contribution < 1.29 is 19.1 Å². The zero-order valence-corrected chi connectivity index (χ0v) is 18.1. The Hall–Kier alpha value is -3.32. The maximum atomic E-state index is 13.6. The summed E-state index contributed by atoms with van der Waals surface area (Å²) in [5, 5.41) is 0. The number of nitrogens with zero attached hydrogens (tertiary/aromatic N) is 3. The Kier molecular flexibility index (Phi) is 5.95. The number of hydrogen-bond donors (Lipinski definition) is 0. The van der Waals surface area contributed by atoms with E-state index < -0.39 is 0 Å². The van der Waals surface area contributed by atoms with Crippen molar-refractivity contribution in [3.8, 4) is 11.5 Å². The Balaban J connectivity index is 1.77.